The summed E-state index contributed by atoms with van der Waals surface area (Å²) in [7, 11) is 1.63. The molecule has 0 saturated carbocycles. The molecule has 100 valence electrons. The van der Waals surface area contributed by atoms with E-state index >= 15 is 0 Å². The molecule has 0 bridgehead atoms. The molecule has 5 heteroatoms. The van der Waals surface area contributed by atoms with E-state index < -0.39 is 0 Å². The normalized spacial score (nSPS) is 13.4. The molecule has 1 N–H and O–H groups in total. The molecule has 3 rings (SSSR count). The molecule has 19 heavy (non-hydrogen) atoms. The second kappa shape index (κ2) is 5.17. The number of hydrogen-bond donors (Lipinski definition) is 1. The van der Waals surface area contributed by atoms with E-state index in [4.69, 9.17) is 4.74 Å². The number of ether oxygens (including phenoxy) is 1. The lowest BCUT2D eigenvalue weighted by atomic mass is 10.2. The lowest BCUT2D eigenvalue weighted by molar-refractivity contribution is 0.393. The Labute approximate surface area is 116 Å². The molecule has 2 heterocycles. The minimum Gasteiger partial charge on any atom is -0.481 e. The van der Waals surface area contributed by atoms with Crippen molar-refractivity contribution in [3.05, 3.63) is 33.3 Å². The van der Waals surface area contributed by atoms with Crippen LogP contribution < -0.4 is 10.1 Å². The first kappa shape index (κ1) is 12.4. The number of nitrogens with one attached hydrogen (secondary N) is 1. The summed E-state index contributed by atoms with van der Waals surface area (Å²) in [5.41, 5.74) is 2.49. The molecule has 4 nitrogen and oxygen atoms in total. The van der Waals surface area contributed by atoms with Gasteiger partial charge in [-0.2, -0.15) is 0 Å². The Bertz CT molecular complexity index is 573. The molecule has 2 aromatic rings. The van der Waals surface area contributed by atoms with Gasteiger partial charge < -0.3 is 10.1 Å². The van der Waals surface area contributed by atoms with Gasteiger partial charge in [-0.15, -0.1) is 11.3 Å². The van der Waals surface area contributed by atoms with Crippen molar-refractivity contribution < 1.29 is 4.74 Å². The Kier molecular flexibility index (Phi) is 3.38. The van der Waals surface area contributed by atoms with Crippen LogP contribution in [0.25, 0.3) is 0 Å². The van der Waals surface area contributed by atoms with Gasteiger partial charge >= 0.3 is 0 Å². The highest BCUT2D eigenvalue weighted by molar-refractivity contribution is 7.12. The predicted octanol–water partition coefficient (Wildman–Crippen LogP) is 2.96. The number of aromatic nitrogens is 2. The predicted molar refractivity (Wildman–Crippen MR) is 77.0 cm³/mol. The molecular weight excluding hydrogens is 258 g/mol. The highest BCUT2D eigenvalue weighted by Gasteiger charge is 2.15. The van der Waals surface area contributed by atoms with Gasteiger partial charge in [-0.25, -0.2) is 9.97 Å². The zero-order chi connectivity index (χ0) is 13.2. The van der Waals surface area contributed by atoms with Crippen molar-refractivity contribution in [1.82, 2.24) is 9.97 Å². The third-order valence-electron chi connectivity index (χ3n) is 3.46. The van der Waals surface area contributed by atoms with Gasteiger partial charge in [0, 0.05) is 9.75 Å². The van der Waals surface area contributed by atoms with Crippen molar-refractivity contribution in [1.29, 1.82) is 0 Å². The van der Waals surface area contributed by atoms with Crippen molar-refractivity contribution in [3.63, 3.8) is 0 Å². The van der Waals surface area contributed by atoms with Crippen LogP contribution in [0.5, 0.6) is 5.88 Å². The lowest BCUT2D eigenvalue weighted by Gasteiger charge is -2.09. The van der Waals surface area contributed by atoms with Crippen LogP contribution in [0.15, 0.2) is 12.4 Å². The summed E-state index contributed by atoms with van der Waals surface area (Å²) in [5, 5.41) is 3.37. The monoisotopic (exact) mass is 275 g/mol. The fourth-order valence-corrected chi connectivity index (χ4v) is 3.67. The number of hydrogen-bond acceptors (Lipinski definition) is 5. The van der Waals surface area contributed by atoms with Crippen LogP contribution in [0.4, 0.5) is 5.82 Å². The molecule has 0 amide bonds. The van der Waals surface area contributed by atoms with Crippen LogP contribution in [-0.2, 0) is 19.4 Å². The largest absolute Gasteiger partial charge is 0.481 e. The Morgan fingerprint density at radius 3 is 3.05 bits per heavy atom. The molecular formula is C14H17N3OS. The number of nitrogens with zero attached hydrogens (tertiary/aromatic N) is 2. The Balaban J connectivity index is 1.72. The van der Waals surface area contributed by atoms with Crippen LogP contribution in [-0.4, -0.2) is 17.1 Å². The van der Waals surface area contributed by atoms with E-state index in [1.165, 1.54) is 30.5 Å². The summed E-state index contributed by atoms with van der Waals surface area (Å²) in [6.45, 7) is 2.79. The molecule has 0 saturated heterocycles. The first-order chi connectivity index (χ1) is 9.28. The molecule has 0 atom stereocenters. The fourth-order valence-electron chi connectivity index (χ4n) is 2.47. The van der Waals surface area contributed by atoms with Gasteiger partial charge in [0.15, 0.2) is 0 Å². The highest BCUT2D eigenvalue weighted by atomic mass is 32.1. The molecule has 0 unspecified atom stereocenters. The average Bonchev–Trinajstić information content (AvgIpc) is 2.98. The van der Waals surface area contributed by atoms with E-state index in [1.54, 1.807) is 17.6 Å². The van der Waals surface area contributed by atoms with Crippen LogP contribution in [0.2, 0.25) is 0 Å². The third kappa shape index (κ3) is 2.42. The van der Waals surface area contributed by atoms with E-state index in [9.17, 15) is 0 Å². The van der Waals surface area contributed by atoms with Crippen LogP contribution in [0.3, 0.4) is 0 Å². The first-order valence-electron chi connectivity index (χ1n) is 6.48. The zero-order valence-electron chi connectivity index (χ0n) is 11.2. The van der Waals surface area contributed by atoms with Gasteiger partial charge in [-0.3, -0.25) is 0 Å². The lowest BCUT2D eigenvalue weighted by Crippen LogP contribution is -2.04. The maximum Gasteiger partial charge on any atom is 0.221 e. The fraction of sp³-hybridized carbons (Fsp3) is 0.429. The van der Waals surface area contributed by atoms with Crippen LogP contribution >= 0.6 is 11.3 Å². The summed E-state index contributed by atoms with van der Waals surface area (Å²) >= 11 is 1.92. The van der Waals surface area contributed by atoms with Gasteiger partial charge in [-0.05, 0) is 37.8 Å². The van der Waals surface area contributed by atoms with E-state index in [0.29, 0.717) is 5.88 Å². The molecule has 0 aromatic carbocycles. The highest BCUT2D eigenvalue weighted by Crippen LogP contribution is 2.31. The van der Waals surface area contributed by atoms with Crippen LogP contribution in [0.1, 0.15) is 27.3 Å². The minimum absolute atomic E-state index is 0.631. The zero-order valence-corrected chi connectivity index (χ0v) is 12.0. The van der Waals surface area contributed by atoms with Crippen molar-refractivity contribution in [2.75, 3.05) is 12.4 Å². The summed E-state index contributed by atoms with van der Waals surface area (Å²) in [6.07, 6.45) is 5.34. The summed E-state index contributed by atoms with van der Waals surface area (Å²) in [6, 6.07) is 2.33. The maximum absolute atomic E-state index is 5.20. The second-order valence-electron chi connectivity index (χ2n) is 4.72. The molecule has 2 aromatic heterocycles. The smallest absolute Gasteiger partial charge is 0.221 e. The Morgan fingerprint density at radius 1 is 1.37 bits per heavy atom. The number of rotatable bonds is 4. The van der Waals surface area contributed by atoms with Crippen molar-refractivity contribution in [2.45, 2.75) is 32.7 Å². The Morgan fingerprint density at radius 2 is 2.26 bits per heavy atom. The number of methoxy groups -OCH3 is 1. The standard InChI is InChI=1S/C14H17N3OS/c1-9-13(16-8-17-14(9)18-2)15-7-11-6-10-4-3-5-12(10)19-11/h6,8H,3-5,7H2,1-2H3,(H,15,16,17). The van der Waals surface area contributed by atoms with Crippen molar-refractivity contribution >= 4 is 17.2 Å². The number of thiophene rings is 1. The van der Waals surface area contributed by atoms with E-state index in [-0.39, 0.29) is 0 Å². The topological polar surface area (TPSA) is 47.0 Å². The first-order valence-corrected chi connectivity index (χ1v) is 7.29. The van der Waals surface area contributed by atoms with E-state index in [2.05, 4.69) is 21.4 Å². The maximum atomic E-state index is 5.20. The summed E-state index contributed by atoms with van der Waals surface area (Å²) in [4.78, 5) is 11.3. The SMILES string of the molecule is COc1ncnc(NCc2cc3c(s2)CCC3)c1C. The minimum atomic E-state index is 0.631. The summed E-state index contributed by atoms with van der Waals surface area (Å²) < 4.78 is 5.20. The molecule has 0 radical (unpaired) electrons. The van der Waals surface area contributed by atoms with Gasteiger partial charge in [0.25, 0.3) is 0 Å². The molecule has 1 aliphatic carbocycles. The summed E-state index contributed by atoms with van der Waals surface area (Å²) in [5.74, 6) is 1.48. The molecule has 0 spiro atoms. The van der Waals surface area contributed by atoms with Crippen LogP contribution in [0, 0.1) is 6.92 Å². The van der Waals surface area contributed by atoms with E-state index in [0.717, 1.165) is 17.9 Å². The third-order valence-corrected chi connectivity index (χ3v) is 4.70. The van der Waals surface area contributed by atoms with Gasteiger partial charge in [0.1, 0.15) is 12.1 Å². The molecule has 0 aliphatic heterocycles. The second-order valence-corrected chi connectivity index (χ2v) is 5.95. The average molecular weight is 275 g/mol. The molecule has 0 fully saturated rings. The van der Waals surface area contributed by atoms with Gasteiger partial charge in [0.2, 0.25) is 5.88 Å². The van der Waals surface area contributed by atoms with Crippen molar-refractivity contribution in [3.8, 4) is 5.88 Å². The molecule has 1 aliphatic rings. The number of aryl methyl sites for hydroxylation is 2. The quantitative estimate of drug-likeness (QED) is 0.932. The van der Waals surface area contributed by atoms with E-state index in [1.807, 2.05) is 18.3 Å². The number of anilines is 1. The number of fused-ring (bicyclic) bond motifs is 1. The van der Waals surface area contributed by atoms with Crippen molar-refractivity contribution in [2.24, 2.45) is 0 Å². The Hall–Kier alpha value is -1.62. The van der Waals surface area contributed by atoms with Gasteiger partial charge in [-0.1, -0.05) is 0 Å². The van der Waals surface area contributed by atoms with Gasteiger partial charge in [0.05, 0.1) is 19.2 Å².